The number of aromatic nitrogens is 2. The number of benzene rings is 1. The van der Waals surface area contributed by atoms with Gasteiger partial charge in [-0.15, -0.1) is 0 Å². The monoisotopic (exact) mass is 468 g/mol. The van der Waals surface area contributed by atoms with Crippen molar-refractivity contribution in [1.82, 2.24) is 19.4 Å². The number of aryl methyl sites for hydroxylation is 1. The summed E-state index contributed by atoms with van der Waals surface area (Å²) in [6.45, 7) is 7.29. The van der Waals surface area contributed by atoms with E-state index in [-0.39, 0.29) is 17.9 Å². The van der Waals surface area contributed by atoms with Crippen LogP contribution < -0.4 is 0 Å². The molecule has 0 N–H and O–H groups in total. The lowest BCUT2D eigenvalue weighted by Crippen LogP contribution is -2.42. The molecule has 1 aliphatic carbocycles. The summed E-state index contributed by atoms with van der Waals surface area (Å²) in [4.78, 5) is 34.7. The van der Waals surface area contributed by atoms with E-state index in [1.807, 2.05) is 30.0 Å². The van der Waals surface area contributed by atoms with Crippen molar-refractivity contribution in [2.24, 2.45) is 0 Å². The molecule has 7 heteroatoms. The molecule has 34 heavy (non-hydrogen) atoms. The average molecular weight is 469 g/mol. The summed E-state index contributed by atoms with van der Waals surface area (Å²) in [5.41, 5.74) is 2.02. The van der Waals surface area contributed by atoms with Gasteiger partial charge in [-0.2, -0.15) is 0 Å². The minimum absolute atomic E-state index is 0.144. The molecule has 0 bridgehead atoms. The van der Waals surface area contributed by atoms with Crippen molar-refractivity contribution in [2.45, 2.75) is 90.1 Å². The number of amides is 2. The fourth-order valence-electron chi connectivity index (χ4n) is 5.66. The molecule has 0 radical (unpaired) electrons. The lowest BCUT2D eigenvalue weighted by molar-refractivity contribution is -0.134. The van der Waals surface area contributed by atoms with E-state index < -0.39 is 0 Å². The molecular formula is C27H40N4O3. The highest BCUT2D eigenvalue weighted by atomic mass is 16.6. The molecule has 2 aromatic rings. The lowest BCUT2D eigenvalue weighted by atomic mass is 9.94. The third-order valence-electron chi connectivity index (χ3n) is 7.38. The zero-order valence-corrected chi connectivity index (χ0v) is 20.9. The van der Waals surface area contributed by atoms with E-state index in [2.05, 4.69) is 22.5 Å². The van der Waals surface area contributed by atoms with Crippen molar-refractivity contribution in [1.29, 1.82) is 0 Å². The number of fused-ring (bicyclic) bond motifs is 1. The van der Waals surface area contributed by atoms with E-state index in [1.165, 1.54) is 19.3 Å². The van der Waals surface area contributed by atoms with Crippen LogP contribution in [0.4, 0.5) is 4.79 Å². The largest absolute Gasteiger partial charge is 0.449 e. The molecule has 2 heterocycles. The van der Waals surface area contributed by atoms with Gasteiger partial charge in [0.05, 0.1) is 17.6 Å². The number of ether oxygens (including phenoxy) is 1. The number of para-hydroxylation sites is 2. The second-order valence-electron chi connectivity index (χ2n) is 9.73. The third-order valence-corrected chi connectivity index (χ3v) is 7.38. The molecule has 2 aliphatic rings. The Morgan fingerprint density at radius 2 is 1.88 bits per heavy atom. The Labute approximate surface area is 203 Å². The summed E-state index contributed by atoms with van der Waals surface area (Å²) in [6, 6.07) is 8.55. The first-order valence-corrected chi connectivity index (χ1v) is 13.3. The van der Waals surface area contributed by atoms with Crippen LogP contribution in [0.2, 0.25) is 0 Å². The minimum atomic E-state index is -0.226. The third kappa shape index (κ3) is 5.56. The smallest absolute Gasteiger partial charge is 0.409 e. The number of hydrogen-bond acceptors (Lipinski definition) is 4. The number of carbonyl (C=O) groups excluding carboxylic acids is 2. The Morgan fingerprint density at radius 3 is 2.65 bits per heavy atom. The van der Waals surface area contributed by atoms with Crippen LogP contribution in [0.15, 0.2) is 24.3 Å². The molecule has 4 rings (SSSR count). The molecule has 1 aromatic carbocycles. The molecule has 1 unspecified atom stereocenters. The number of rotatable bonds is 8. The molecule has 0 spiro atoms. The van der Waals surface area contributed by atoms with E-state index in [0.29, 0.717) is 32.2 Å². The molecule has 1 saturated heterocycles. The van der Waals surface area contributed by atoms with Crippen LogP contribution in [0.25, 0.3) is 11.0 Å². The number of nitrogens with zero attached hydrogens (tertiary/aromatic N) is 4. The van der Waals surface area contributed by atoms with Gasteiger partial charge in [0.2, 0.25) is 5.91 Å². The Morgan fingerprint density at radius 1 is 1.09 bits per heavy atom. The zero-order valence-electron chi connectivity index (χ0n) is 20.9. The van der Waals surface area contributed by atoms with Crippen LogP contribution in [0.1, 0.15) is 83.4 Å². The van der Waals surface area contributed by atoms with Crippen LogP contribution in [0.3, 0.4) is 0 Å². The van der Waals surface area contributed by atoms with Crippen LogP contribution in [-0.2, 0) is 16.1 Å². The molecule has 186 valence electrons. The summed E-state index contributed by atoms with van der Waals surface area (Å²) in [7, 11) is 0. The maximum absolute atomic E-state index is 13.3. The van der Waals surface area contributed by atoms with Gasteiger partial charge in [-0.25, -0.2) is 9.78 Å². The van der Waals surface area contributed by atoms with Gasteiger partial charge in [-0.1, -0.05) is 38.3 Å². The second kappa shape index (κ2) is 11.7. The maximum atomic E-state index is 13.3. The number of imidazole rings is 1. The van der Waals surface area contributed by atoms with E-state index in [0.717, 1.165) is 62.1 Å². The van der Waals surface area contributed by atoms with Gasteiger partial charge >= 0.3 is 6.09 Å². The number of piperidine rings is 1. The van der Waals surface area contributed by atoms with Crippen molar-refractivity contribution < 1.29 is 14.3 Å². The molecule has 1 aromatic heterocycles. The fraction of sp³-hybridized carbons (Fsp3) is 0.667. The summed E-state index contributed by atoms with van der Waals surface area (Å²) in [5.74, 6) is 1.38. The number of likely N-dealkylation sites (tertiary alicyclic amines) is 1. The zero-order chi connectivity index (χ0) is 23.9. The van der Waals surface area contributed by atoms with Gasteiger partial charge < -0.3 is 19.1 Å². The standard InChI is InChI=1S/C27H40N4O3/c1-3-19-34-27(33)29-17-10-11-21(20-29)26-28-23-14-8-9-15-24(23)31(26)18-16-25(32)30(4-2)22-12-6-5-7-13-22/h8-9,14-15,21-22H,3-7,10-13,16-20H2,1-2H3. The molecule has 1 atom stereocenters. The van der Waals surface area contributed by atoms with E-state index in [4.69, 9.17) is 9.72 Å². The molecule has 1 saturated carbocycles. The molecule has 7 nitrogen and oxygen atoms in total. The highest BCUT2D eigenvalue weighted by Gasteiger charge is 2.30. The van der Waals surface area contributed by atoms with Crippen molar-refractivity contribution in [3.8, 4) is 0 Å². The van der Waals surface area contributed by atoms with Gasteiger partial charge in [0, 0.05) is 44.6 Å². The van der Waals surface area contributed by atoms with Crippen LogP contribution in [0, 0.1) is 0 Å². The normalized spacial score (nSPS) is 19.4. The van der Waals surface area contributed by atoms with E-state index in [1.54, 1.807) is 0 Å². The predicted octanol–water partition coefficient (Wildman–Crippen LogP) is 5.33. The van der Waals surface area contributed by atoms with Crippen molar-refractivity contribution in [3.63, 3.8) is 0 Å². The lowest BCUT2D eigenvalue weighted by Gasteiger charge is -2.34. The van der Waals surface area contributed by atoms with Gasteiger partial charge in [-0.3, -0.25) is 4.79 Å². The highest BCUT2D eigenvalue weighted by molar-refractivity contribution is 5.78. The highest BCUT2D eigenvalue weighted by Crippen LogP contribution is 2.30. The second-order valence-corrected chi connectivity index (χ2v) is 9.73. The maximum Gasteiger partial charge on any atom is 0.409 e. The topological polar surface area (TPSA) is 67.7 Å². The van der Waals surface area contributed by atoms with Gasteiger partial charge in [-0.05, 0) is 51.2 Å². The molecule has 2 fully saturated rings. The van der Waals surface area contributed by atoms with Crippen LogP contribution in [0.5, 0.6) is 0 Å². The Balaban J connectivity index is 1.51. The summed E-state index contributed by atoms with van der Waals surface area (Å²) in [5, 5.41) is 0. The summed E-state index contributed by atoms with van der Waals surface area (Å²) >= 11 is 0. The van der Waals surface area contributed by atoms with E-state index in [9.17, 15) is 9.59 Å². The van der Waals surface area contributed by atoms with Gasteiger partial charge in [0.1, 0.15) is 5.82 Å². The van der Waals surface area contributed by atoms with E-state index >= 15 is 0 Å². The van der Waals surface area contributed by atoms with Crippen molar-refractivity contribution in [2.75, 3.05) is 26.2 Å². The van der Waals surface area contributed by atoms with Gasteiger partial charge in [0.25, 0.3) is 0 Å². The average Bonchev–Trinajstić information content (AvgIpc) is 3.26. The fourth-order valence-corrected chi connectivity index (χ4v) is 5.66. The minimum Gasteiger partial charge on any atom is -0.449 e. The first-order valence-electron chi connectivity index (χ1n) is 13.3. The molecule has 2 amide bonds. The molecular weight excluding hydrogens is 428 g/mol. The summed E-state index contributed by atoms with van der Waals surface area (Å²) in [6.07, 6.45) is 8.99. The van der Waals surface area contributed by atoms with Crippen LogP contribution >= 0.6 is 0 Å². The Hall–Kier alpha value is -2.57. The first-order chi connectivity index (χ1) is 16.6. The first kappa shape index (κ1) is 24.6. The quantitative estimate of drug-likeness (QED) is 0.525. The summed E-state index contributed by atoms with van der Waals surface area (Å²) < 4.78 is 7.62. The SMILES string of the molecule is CCCOC(=O)N1CCCC(c2nc3ccccc3n2CCC(=O)N(CC)C2CCCCC2)C1. The Kier molecular flexibility index (Phi) is 8.46. The Bertz CT molecular complexity index is 966. The van der Waals surface area contributed by atoms with Crippen molar-refractivity contribution in [3.05, 3.63) is 30.1 Å². The number of hydrogen-bond donors (Lipinski definition) is 0. The van der Waals surface area contributed by atoms with Crippen LogP contribution in [-0.4, -0.2) is 63.6 Å². The predicted molar refractivity (Wildman–Crippen MR) is 134 cm³/mol. The molecule has 1 aliphatic heterocycles. The number of carbonyl (C=O) groups is 2. The van der Waals surface area contributed by atoms with Crippen molar-refractivity contribution >= 4 is 23.0 Å². The van der Waals surface area contributed by atoms with Gasteiger partial charge in [0.15, 0.2) is 0 Å².